The quantitative estimate of drug-likeness (QED) is 0.774. The van der Waals surface area contributed by atoms with E-state index in [0.29, 0.717) is 15.6 Å². The number of rotatable bonds is 3. The molecule has 0 amide bonds. The van der Waals surface area contributed by atoms with Gasteiger partial charge in [-0.25, -0.2) is 4.39 Å². The summed E-state index contributed by atoms with van der Waals surface area (Å²) >= 11 is 3.22. The second-order valence-corrected chi connectivity index (χ2v) is 5.45. The maximum absolute atomic E-state index is 13.1. The van der Waals surface area contributed by atoms with Gasteiger partial charge in [0.25, 0.3) is 0 Å². The summed E-state index contributed by atoms with van der Waals surface area (Å²) in [5.41, 5.74) is 2.80. The zero-order chi connectivity index (χ0) is 14.9. The first-order valence-corrected chi connectivity index (χ1v) is 6.88. The number of hydrogen-bond acceptors (Lipinski definition) is 2. The summed E-state index contributed by atoms with van der Waals surface area (Å²) in [5.74, 6) is 0.251. The van der Waals surface area contributed by atoms with Crippen LogP contribution in [0, 0.1) is 19.7 Å². The molecule has 0 spiro atoms. The molecule has 0 saturated heterocycles. The Kier molecular flexibility index (Phi) is 4.23. The van der Waals surface area contributed by atoms with Crippen molar-refractivity contribution in [3.63, 3.8) is 0 Å². The van der Waals surface area contributed by atoms with Crippen LogP contribution in [0.3, 0.4) is 0 Å². The average molecular weight is 337 g/mol. The Bertz CT molecular complexity index is 657. The molecule has 104 valence electrons. The average Bonchev–Trinajstić information content (AvgIpc) is 2.37. The van der Waals surface area contributed by atoms with Crippen LogP contribution in [0.25, 0.3) is 0 Å². The molecular weight excluding hydrogens is 323 g/mol. The van der Waals surface area contributed by atoms with E-state index in [9.17, 15) is 9.18 Å². The highest BCUT2D eigenvalue weighted by Crippen LogP contribution is 2.27. The van der Waals surface area contributed by atoms with Gasteiger partial charge in [0, 0.05) is 15.6 Å². The fraction of sp³-hybridized carbons (Fsp3) is 0.188. The molecule has 2 aromatic carbocycles. The fourth-order valence-corrected chi connectivity index (χ4v) is 2.76. The molecule has 4 heteroatoms. The van der Waals surface area contributed by atoms with Crippen LogP contribution in [-0.2, 0) is 0 Å². The van der Waals surface area contributed by atoms with Gasteiger partial charge in [-0.3, -0.25) is 4.79 Å². The normalized spacial score (nSPS) is 10.4. The predicted octanol–water partition coefficient (Wildman–Crippen LogP) is 4.44. The molecule has 0 aliphatic rings. The smallest absolute Gasteiger partial charge is 0.194 e. The summed E-state index contributed by atoms with van der Waals surface area (Å²) in [6.07, 6.45) is 0. The molecule has 0 bridgehead atoms. The van der Waals surface area contributed by atoms with Gasteiger partial charge in [0.2, 0.25) is 0 Å². The first kappa shape index (κ1) is 14.7. The molecule has 0 aromatic heterocycles. The van der Waals surface area contributed by atoms with Crippen molar-refractivity contribution in [1.82, 2.24) is 0 Å². The van der Waals surface area contributed by atoms with Crippen LogP contribution in [0.4, 0.5) is 4.39 Å². The number of carbonyl (C=O) groups is 1. The number of carbonyl (C=O) groups excluding carboxylic acids is 1. The first-order chi connectivity index (χ1) is 9.43. The van der Waals surface area contributed by atoms with Crippen LogP contribution in [-0.4, -0.2) is 12.9 Å². The highest BCUT2D eigenvalue weighted by Gasteiger charge is 2.15. The third kappa shape index (κ3) is 2.75. The summed E-state index contributed by atoms with van der Waals surface area (Å²) < 4.78 is 18.8. The maximum atomic E-state index is 13.1. The molecular formula is C16H14BrFO2. The Morgan fingerprint density at radius 3 is 2.25 bits per heavy atom. The molecule has 2 nitrogen and oxygen atoms in total. The van der Waals surface area contributed by atoms with Crippen molar-refractivity contribution in [2.24, 2.45) is 0 Å². The number of ether oxygens (including phenoxy) is 1. The number of benzene rings is 2. The van der Waals surface area contributed by atoms with Gasteiger partial charge < -0.3 is 4.74 Å². The Morgan fingerprint density at radius 1 is 1.15 bits per heavy atom. The zero-order valence-electron chi connectivity index (χ0n) is 11.5. The van der Waals surface area contributed by atoms with Gasteiger partial charge in [-0.15, -0.1) is 0 Å². The molecule has 0 fully saturated rings. The molecule has 0 heterocycles. The van der Waals surface area contributed by atoms with E-state index >= 15 is 0 Å². The highest BCUT2D eigenvalue weighted by atomic mass is 79.9. The summed E-state index contributed by atoms with van der Waals surface area (Å²) in [4.78, 5) is 12.5. The first-order valence-electron chi connectivity index (χ1n) is 6.09. The van der Waals surface area contributed by atoms with Gasteiger partial charge in [-0.2, -0.15) is 0 Å². The topological polar surface area (TPSA) is 26.3 Å². The van der Waals surface area contributed by atoms with Crippen LogP contribution in [0.1, 0.15) is 27.0 Å². The highest BCUT2D eigenvalue weighted by molar-refractivity contribution is 9.10. The SMILES string of the molecule is COc1c(C)cc(C(=O)c2ccc(F)cc2Br)cc1C. The van der Waals surface area contributed by atoms with E-state index in [0.717, 1.165) is 16.9 Å². The van der Waals surface area contributed by atoms with E-state index in [1.54, 1.807) is 19.2 Å². The largest absolute Gasteiger partial charge is 0.496 e. The van der Waals surface area contributed by atoms with Crippen molar-refractivity contribution in [2.75, 3.05) is 7.11 Å². The number of methoxy groups -OCH3 is 1. The Balaban J connectivity index is 2.49. The van der Waals surface area contributed by atoms with Crippen LogP contribution in [0.5, 0.6) is 5.75 Å². The molecule has 2 aromatic rings. The third-order valence-corrected chi connectivity index (χ3v) is 3.76. The molecule has 0 aliphatic heterocycles. The van der Waals surface area contributed by atoms with Crippen molar-refractivity contribution >= 4 is 21.7 Å². The van der Waals surface area contributed by atoms with Crippen molar-refractivity contribution in [2.45, 2.75) is 13.8 Å². The minimum absolute atomic E-state index is 0.147. The molecule has 0 N–H and O–H groups in total. The molecule has 0 radical (unpaired) electrons. The van der Waals surface area contributed by atoms with E-state index in [2.05, 4.69) is 15.9 Å². The summed E-state index contributed by atoms with van der Waals surface area (Å²) in [6, 6.07) is 7.61. The van der Waals surface area contributed by atoms with Gasteiger partial charge in [-0.05, 0) is 71.2 Å². The van der Waals surface area contributed by atoms with Crippen molar-refractivity contribution < 1.29 is 13.9 Å². The number of hydrogen-bond donors (Lipinski definition) is 0. The van der Waals surface area contributed by atoms with E-state index in [-0.39, 0.29) is 11.6 Å². The molecule has 20 heavy (non-hydrogen) atoms. The predicted molar refractivity (Wildman–Crippen MR) is 80.0 cm³/mol. The summed E-state index contributed by atoms with van der Waals surface area (Å²) in [5, 5.41) is 0. The lowest BCUT2D eigenvalue weighted by Crippen LogP contribution is -2.04. The molecule has 0 unspecified atom stereocenters. The Morgan fingerprint density at radius 2 is 1.75 bits per heavy atom. The van der Waals surface area contributed by atoms with E-state index in [1.165, 1.54) is 18.2 Å². The fourth-order valence-electron chi connectivity index (χ4n) is 2.23. The number of ketones is 1. The summed E-state index contributed by atoms with van der Waals surface area (Å²) in [7, 11) is 1.60. The van der Waals surface area contributed by atoms with Crippen LogP contribution < -0.4 is 4.74 Å². The minimum atomic E-state index is -0.379. The van der Waals surface area contributed by atoms with E-state index < -0.39 is 0 Å². The summed E-state index contributed by atoms with van der Waals surface area (Å²) in [6.45, 7) is 3.78. The lowest BCUT2D eigenvalue weighted by atomic mass is 9.98. The lowest BCUT2D eigenvalue weighted by Gasteiger charge is -2.11. The standard InChI is InChI=1S/C16H14BrFO2/c1-9-6-11(7-10(2)16(9)20-3)15(19)13-5-4-12(18)8-14(13)17/h4-8H,1-3H3. The second-order valence-electron chi connectivity index (χ2n) is 4.60. The van der Waals surface area contributed by atoms with Gasteiger partial charge in [0.15, 0.2) is 5.78 Å². The van der Waals surface area contributed by atoms with Crippen LogP contribution in [0.2, 0.25) is 0 Å². The van der Waals surface area contributed by atoms with Crippen molar-refractivity contribution in [1.29, 1.82) is 0 Å². The maximum Gasteiger partial charge on any atom is 0.194 e. The Labute approximate surface area is 125 Å². The minimum Gasteiger partial charge on any atom is -0.496 e. The zero-order valence-corrected chi connectivity index (χ0v) is 13.0. The number of aryl methyl sites for hydroxylation is 2. The molecule has 0 saturated carbocycles. The van der Waals surface area contributed by atoms with Crippen molar-refractivity contribution in [3.05, 3.63) is 62.9 Å². The van der Waals surface area contributed by atoms with Gasteiger partial charge in [0.05, 0.1) is 7.11 Å². The van der Waals surface area contributed by atoms with Gasteiger partial charge in [-0.1, -0.05) is 0 Å². The number of halogens is 2. The monoisotopic (exact) mass is 336 g/mol. The van der Waals surface area contributed by atoms with Crippen molar-refractivity contribution in [3.8, 4) is 5.75 Å². The molecule has 0 atom stereocenters. The van der Waals surface area contributed by atoms with Crippen LogP contribution >= 0.6 is 15.9 Å². The molecule has 2 rings (SSSR count). The van der Waals surface area contributed by atoms with E-state index in [1.807, 2.05) is 13.8 Å². The van der Waals surface area contributed by atoms with E-state index in [4.69, 9.17) is 4.74 Å². The Hall–Kier alpha value is -1.68. The van der Waals surface area contributed by atoms with Crippen LogP contribution in [0.15, 0.2) is 34.8 Å². The third-order valence-electron chi connectivity index (χ3n) is 3.10. The second kappa shape index (κ2) is 5.75. The van der Waals surface area contributed by atoms with Gasteiger partial charge >= 0.3 is 0 Å². The lowest BCUT2D eigenvalue weighted by molar-refractivity contribution is 0.103. The van der Waals surface area contributed by atoms with Gasteiger partial charge in [0.1, 0.15) is 11.6 Å². The molecule has 0 aliphatic carbocycles.